The Balaban J connectivity index is 0.00000363. The van der Waals surface area contributed by atoms with E-state index in [0.29, 0.717) is 18.3 Å². The first kappa shape index (κ1) is 25.9. The van der Waals surface area contributed by atoms with E-state index >= 15 is 0 Å². The van der Waals surface area contributed by atoms with Crippen molar-refractivity contribution in [2.24, 2.45) is 4.99 Å². The van der Waals surface area contributed by atoms with Crippen molar-refractivity contribution < 1.29 is 9.53 Å². The van der Waals surface area contributed by atoms with Crippen molar-refractivity contribution in [1.29, 1.82) is 0 Å². The van der Waals surface area contributed by atoms with Gasteiger partial charge in [0.2, 0.25) is 0 Å². The molecule has 3 rings (SSSR count). The Labute approximate surface area is 208 Å². The smallest absolute Gasteiger partial charge is 0.411 e. The molecule has 1 fully saturated rings. The van der Waals surface area contributed by atoms with E-state index in [1.165, 1.54) is 25.5 Å². The number of hydrogen-bond donors (Lipinski definition) is 3. The second-order valence-corrected chi connectivity index (χ2v) is 7.64. The number of carbonyl (C=O) groups excluding carboxylic acids is 1. The van der Waals surface area contributed by atoms with Crippen molar-refractivity contribution >= 4 is 41.7 Å². The maximum atomic E-state index is 11.3. The van der Waals surface area contributed by atoms with E-state index in [-0.39, 0.29) is 24.0 Å². The topological polar surface area (TPSA) is 78.0 Å². The number of halogens is 1. The van der Waals surface area contributed by atoms with Gasteiger partial charge < -0.3 is 15.4 Å². The van der Waals surface area contributed by atoms with Gasteiger partial charge in [-0.2, -0.15) is 0 Å². The highest BCUT2D eigenvalue weighted by Crippen LogP contribution is 2.19. The summed E-state index contributed by atoms with van der Waals surface area (Å²) >= 11 is 0. The summed E-state index contributed by atoms with van der Waals surface area (Å²) in [5.41, 5.74) is 3.13. The fraction of sp³-hybridized carbons (Fsp3) is 0.417. The van der Waals surface area contributed by atoms with Crippen LogP contribution in [0, 0.1) is 0 Å². The van der Waals surface area contributed by atoms with Gasteiger partial charge in [-0.15, -0.1) is 24.0 Å². The quantitative estimate of drug-likeness (QED) is 0.261. The molecule has 0 aromatic heterocycles. The number of guanidine groups is 1. The van der Waals surface area contributed by atoms with Crippen molar-refractivity contribution in [3.63, 3.8) is 0 Å². The van der Waals surface area contributed by atoms with Gasteiger partial charge in [-0.3, -0.25) is 10.2 Å². The Hall–Kier alpha value is -2.33. The Kier molecular flexibility index (Phi) is 11.3. The first-order valence-corrected chi connectivity index (χ1v) is 10.9. The molecule has 32 heavy (non-hydrogen) atoms. The van der Waals surface area contributed by atoms with E-state index in [2.05, 4.69) is 62.8 Å². The minimum Gasteiger partial charge on any atom is -0.453 e. The zero-order valence-corrected chi connectivity index (χ0v) is 21.2. The molecule has 0 saturated carbocycles. The molecule has 1 heterocycles. The summed E-state index contributed by atoms with van der Waals surface area (Å²) in [7, 11) is 1.35. The van der Waals surface area contributed by atoms with Gasteiger partial charge in [0.25, 0.3) is 0 Å². The van der Waals surface area contributed by atoms with Crippen LogP contribution in [0.4, 0.5) is 10.5 Å². The molecule has 2 aromatic carbocycles. The number of anilines is 1. The lowest BCUT2D eigenvalue weighted by atomic mass is 10.2. The maximum Gasteiger partial charge on any atom is 0.411 e. The van der Waals surface area contributed by atoms with E-state index in [1.807, 2.05) is 24.3 Å². The monoisotopic (exact) mass is 551 g/mol. The average Bonchev–Trinajstić information content (AvgIpc) is 3.24. The molecule has 2 aromatic rings. The molecule has 3 N–H and O–H groups in total. The lowest BCUT2D eigenvalue weighted by Crippen LogP contribution is -2.44. The molecule has 0 spiro atoms. The van der Waals surface area contributed by atoms with E-state index in [9.17, 15) is 4.79 Å². The number of aliphatic imine (C=N–C) groups is 1. The molecule has 8 heteroatoms. The van der Waals surface area contributed by atoms with Gasteiger partial charge in [0.05, 0.1) is 13.7 Å². The molecule has 1 atom stereocenters. The van der Waals surface area contributed by atoms with Gasteiger partial charge in [-0.25, -0.2) is 9.79 Å². The lowest BCUT2D eigenvalue weighted by Gasteiger charge is -2.25. The van der Waals surface area contributed by atoms with Crippen molar-refractivity contribution in [1.82, 2.24) is 15.5 Å². The van der Waals surface area contributed by atoms with E-state index in [1.54, 1.807) is 0 Å². The van der Waals surface area contributed by atoms with Crippen LogP contribution in [0.15, 0.2) is 59.6 Å². The third-order valence-corrected chi connectivity index (χ3v) is 5.38. The largest absolute Gasteiger partial charge is 0.453 e. The maximum absolute atomic E-state index is 11.3. The van der Waals surface area contributed by atoms with Crippen LogP contribution in [-0.2, 0) is 17.8 Å². The average molecular weight is 551 g/mol. The summed E-state index contributed by atoms with van der Waals surface area (Å²) in [6, 6.07) is 18.8. The molecule has 7 nitrogen and oxygen atoms in total. The number of ether oxygens (including phenoxy) is 1. The normalized spacial score (nSPS) is 16.2. The van der Waals surface area contributed by atoms with Crippen molar-refractivity contribution in [3.8, 4) is 0 Å². The van der Waals surface area contributed by atoms with Gasteiger partial charge in [0, 0.05) is 31.4 Å². The predicted molar refractivity (Wildman–Crippen MR) is 141 cm³/mol. The number of nitrogens with zero attached hydrogens (tertiary/aromatic N) is 2. The van der Waals surface area contributed by atoms with Crippen LogP contribution in [0.5, 0.6) is 0 Å². The number of carbonyl (C=O) groups is 1. The number of hydrogen-bond acceptors (Lipinski definition) is 4. The Morgan fingerprint density at radius 3 is 2.53 bits per heavy atom. The number of benzene rings is 2. The first-order chi connectivity index (χ1) is 15.2. The summed E-state index contributed by atoms with van der Waals surface area (Å²) in [6.07, 6.45) is 1.96. The highest BCUT2D eigenvalue weighted by Gasteiger charge is 2.24. The van der Waals surface area contributed by atoms with Crippen LogP contribution in [0.2, 0.25) is 0 Å². The summed E-state index contributed by atoms with van der Waals surface area (Å²) in [6.45, 7) is 6.45. The molecule has 174 valence electrons. The third kappa shape index (κ3) is 8.31. The van der Waals surface area contributed by atoms with Crippen molar-refractivity contribution in [2.45, 2.75) is 38.9 Å². The highest BCUT2D eigenvalue weighted by molar-refractivity contribution is 14.0. The fourth-order valence-corrected chi connectivity index (χ4v) is 3.74. The van der Waals surface area contributed by atoms with Gasteiger partial charge in [0.15, 0.2) is 5.96 Å². The molecule has 0 aliphatic carbocycles. The van der Waals surface area contributed by atoms with E-state index in [4.69, 9.17) is 4.99 Å². The minimum absolute atomic E-state index is 0. The molecular weight excluding hydrogens is 517 g/mol. The van der Waals surface area contributed by atoms with Crippen LogP contribution in [0.1, 0.15) is 30.9 Å². The number of rotatable bonds is 8. The summed E-state index contributed by atoms with van der Waals surface area (Å²) < 4.78 is 4.61. The molecule has 0 radical (unpaired) electrons. The second-order valence-electron chi connectivity index (χ2n) is 7.64. The Morgan fingerprint density at radius 1 is 1.09 bits per heavy atom. The second kappa shape index (κ2) is 13.9. The van der Waals surface area contributed by atoms with E-state index in [0.717, 1.165) is 37.7 Å². The molecule has 1 unspecified atom stereocenters. The van der Waals surface area contributed by atoms with Gasteiger partial charge >= 0.3 is 6.09 Å². The minimum atomic E-state index is -0.474. The molecule has 0 bridgehead atoms. The van der Waals surface area contributed by atoms with Gasteiger partial charge in [0.1, 0.15) is 0 Å². The number of likely N-dealkylation sites (tertiary alicyclic amines) is 1. The van der Waals surface area contributed by atoms with Crippen LogP contribution >= 0.6 is 24.0 Å². The summed E-state index contributed by atoms with van der Waals surface area (Å²) in [5.74, 6) is 0.825. The molecular formula is C24H34IN5O2. The molecule has 1 aliphatic heterocycles. The van der Waals surface area contributed by atoms with Crippen molar-refractivity contribution in [2.75, 3.05) is 32.1 Å². The first-order valence-electron chi connectivity index (χ1n) is 10.9. The standard InChI is InChI=1S/C24H33N5O2.HI/c1-3-25-23(26-16-19-11-13-21(14-12-19)28-24(30)31-2)27-17-22-10-7-15-29(22)18-20-8-5-4-6-9-20;/h4-6,8-9,11-14,22H,3,7,10,15-18H2,1-2H3,(H,28,30)(H2,25,26,27);1H. The van der Waals surface area contributed by atoms with Gasteiger partial charge in [-0.05, 0) is 49.6 Å². The molecule has 1 aliphatic rings. The highest BCUT2D eigenvalue weighted by atomic mass is 127. The van der Waals surface area contributed by atoms with E-state index < -0.39 is 6.09 Å². The zero-order chi connectivity index (χ0) is 21.9. The fourth-order valence-electron chi connectivity index (χ4n) is 3.74. The Morgan fingerprint density at radius 2 is 1.84 bits per heavy atom. The van der Waals surface area contributed by atoms with Crippen LogP contribution in [-0.4, -0.2) is 49.7 Å². The number of methoxy groups -OCH3 is 1. The predicted octanol–water partition coefficient (Wildman–Crippen LogP) is 4.20. The van der Waals surface area contributed by atoms with Crippen molar-refractivity contribution in [3.05, 3.63) is 65.7 Å². The van der Waals surface area contributed by atoms with Crippen LogP contribution in [0.3, 0.4) is 0 Å². The van der Waals surface area contributed by atoms with Gasteiger partial charge in [-0.1, -0.05) is 42.5 Å². The Bertz CT molecular complexity index is 845. The summed E-state index contributed by atoms with van der Waals surface area (Å²) in [4.78, 5) is 18.6. The number of nitrogens with one attached hydrogen (secondary N) is 3. The molecule has 1 amide bonds. The van der Waals surface area contributed by atoms with Crippen LogP contribution < -0.4 is 16.0 Å². The SMILES string of the molecule is CCNC(=NCc1ccc(NC(=O)OC)cc1)NCC1CCCN1Cc1ccccc1.I. The molecule has 1 saturated heterocycles. The zero-order valence-electron chi connectivity index (χ0n) is 18.8. The number of amides is 1. The summed E-state index contributed by atoms with van der Waals surface area (Å²) in [5, 5.41) is 9.50. The third-order valence-electron chi connectivity index (χ3n) is 5.38. The lowest BCUT2D eigenvalue weighted by molar-refractivity contribution is 0.187. The van der Waals surface area contributed by atoms with Crippen LogP contribution in [0.25, 0.3) is 0 Å².